The van der Waals surface area contributed by atoms with Crippen LogP contribution in [0.4, 0.5) is 0 Å². The first-order valence-electron chi connectivity index (χ1n) is 8.74. The Labute approximate surface area is 155 Å². The average molecular weight is 359 g/mol. The van der Waals surface area contributed by atoms with Crippen molar-refractivity contribution in [2.45, 2.75) is 32.5 Å². The third-order valence-corrected chi connectivity index (χ3v) is 4.82. The predicted molar refractivity (Wildman–Crippen MR) is 103 cm³/mol. The summed E-state index contributed by atoms with van der Waals surface area (Å²) in [6.45, 7) is 6.86. The van der Waals surface area contributed by atoms with E-state index in [1.807, 2.05) is 18.3 Å². The lowest BCUT2D eigenvalue weighted by atomic mass is 10.0. The molecule has 0 aromatic carbocycles. The van der Waals surface area contributed by atoms with E-state index in [0.29, 0.717) is 12.5 Å². The number of hydrogen-bond donors (Lipinski definition) is 1. The second kappa shape index (κ2) is 7.97. The maximum Gasteiger partial charge on any atom is 0.170 e. The molecule has 2 aromatic rings. The SMILES string of the molecule is COCCn1cccc1[C@@H]1[C@@H](c2ccccn2)NC(=S)N1CC(C)C. The monoisotopic (exact) mass is 358 g/mol. The molecule has 3 rings (SSSR count). The highest BCUT2D eigenvalue weighted by Gasteiger charge is 2.41. The van der Waals surface area contributed by atoms with Gasteiger partial charge < -0.3 is 19.5 Å². The standard InChI is InChI=1S/C19H26N4OS/c1-14(2)13-23-18(16-8-6-10-22(16)11-12-24-3)17(21-19(23)25)15-7-4-5-9-20-15/h4-10,14,17-18H,11-13H2,1-3H3,(H,21,25)/t17-,18-/m1/s1. The molecule has 1 fully saturated rings. The van der Waals surface area contributed by atoms with Gasteiger partial charge in [0, 0.05) is 38.3 Å². The van der Waals surface area contributed by atoms with Crippen molar-refractivity contribution in [2.24, 2.45) is 5.92 Å². The van der Waals surface area contributed by atoms with Gasteiger partial charge in [0.1, 0.15) is 0 Å². The normalized spacial score (nSPS) is 20.3. The van der Waals surface area contributed by atoms with E-state index >= 15 is 0 Å². The summed E-state index contributed by atoms with van der Waals surface area (Å²) in [5, 5.41) is 4.30. The van der Waals surface area contributed by atoms with Gasteiger partial charge in [-0.05, 0) is 42.4 Å². The van der Waals surface area contributed by atoms with E-state index in [4.69, 9.17) is 17.0 Å². The molecule has 1 N–H and O–H groups in total. The van der Waals surface area contributed by atoms with Gasteiger partial charge in [0.2, 0.25) is 0 Å². The minimum absolute atomic E-state index is 0.0450. The van der Waals surface area contributed by atoms with Gasteiger partial charge in [-0.2, -0.15) is 0 Å². The molecule has 2 aromatic heterocycles. The fourth-order valence-corrected chi connectivity index (χ4v) is 3.72. The van der Waals surface area contributed by atoms with Crippen molar-refractivity contribution in [3.63, 3.8) is 0 Å². The van der Waals surface area contributed by atoms with Crippen LogP contribution in [0.1, 0.15) is 37.3 Å². The Bertz CT molecular complexity index is 700. The van der Waals surface area contributed by atoms with Gasteiger partial charge in [0.15, 0.2) is 5.11 Å². The van der Waals surface area contributed by atoms with Gasteiger partial charge in [-0.3, -0.25) is 4.98 Å². The van der Waals surface area contributed by atoms with Crippen LogP contribution in [0.2, 0.25) is 0 Å². The van der Waals surface area contributed by atoms with Crippen LogP contribution in [0.25, 0.3) is 0 Å². The van der Waals surface area contributed by atoms with Crippen molar-refractivity contribution in [2.75, 3.05) is 20.3 Å². The molecule has 1 saturated heterocycles. The molecule has 2 atom stereocenters. The number of methoxy groups -OCH3 is 1. The molecule has 0 unspecified atom stereocenters. The quantitative estimate of drug-likeness (QED) is 0.770. The topological polar surface area (TPSA) is 42.3 Å². The summed E-state index contributed by atoms with van der Waals surface area (Å²) < 4.78 is 7.53. The summed E-state index contributed by atoms with van der Waals surface area (Å²) in [6.07, 6.45) is 3.95. The zero-order chi connectivity index (χ0) is 17.8. The Morgan fingerprint density at radius 3 is 2.80 bits per heavy atom. The average Bonchev–Trinajstić information content (AvgIpc) is 3.18. The summed E-state index contributed by atoms with van der Waals surface area (Å²) in [7, 11) is 1.73. The van der Waals surface area contributed by atoms with Gasteiger partial charge >= 0.3 is 0 Å². The van der Waals surface area contributed by atoms with Crippen molar-refractivity contribution in [1.82, 2.24) is 19.8 Å². The fourth-order valence-electron chi connectivity index (χ4n) is 3.41. The molecule has 3 heterocycles. The Hall–Kier alpha value is -1.92. The van der Waals surface area contributed by atoms with Crippen LogP contribution in [0.15, 0.2) is 42.7 Å². The molecule has 0 amide bonds. The second-order valence-electron chi connectivity index (χ2n) is 6.79. The molecule has 1 aliphatic rings. The lowest BCUT2D eigenvalue weighted by Crippen LogP contribution is -2.33. The fraction of sp³-hybridized carbons (Fsp3) is 0.474. The van der Waals surface area contributed by atoms with Crippen LogP contribution in [0.5, 0.6) is 0 Å². The Morgan fingerprint density at radius 2 is 2.12 bits per heavy atom. The number of ether oxygens (including phenoxy) is 1. The molecule has 5 nitrogen and oxygen atoms in total. The minimum atomic E-state index is 0.0450. The highest BCUT2D eigenvalue weighted by atomic mass is 32.1. The molecule has 6 heteroatoms. The molecule has 0 saturated carbocycles. The van der Waals surface area contributed by atoms with Crippen molar-refractivity contribution in [3.8, 4) is 0 Å². The van der Waals surface area contributed by atoms with E-state index in [0.717, 1.165) is 23.9 Å². The smallest absolute Gasteiger partial charge is 0.170 e. The van der Waals surface area contributed by atoms with E-state index in [9.17, 15) is 0 Å². The molecule has 1 aliphatic heterocycles. The third kappa shape index (κ3) is 3.85. The molecule has 134 valence electrons. The van der Waals surface area contributed by atoms with E-state index in [1.165, 1.54) is 5.69 Å². The molecular formula is C19H26N4OS. The first-order chi connectivity index (χ1) is 12.1. The van der Waals surface area contributed by atoms with Gasteiger partial charge in [-0.1, -0.05) is 19.9 Å². The van der Waals surface area contributed by atoms with Gasteiger partial charge in [0.05, 0.1) is 24.4 Å². The first kappa shape index (κ1) is 17.9. The number of aromatic nitrogens is 2. The van der Waals surface area contributed by atoms with Gasteiger partial charge in [0.25, 0.3) is 0 Å². The third-order valence-electron chi connectivity index (χ3n) is 4.46. The zero-order valence-corrected chi connectivity index (χ0v) is 15.9. The number of nitrogens with zero attached hydrogens (tertiary/aromatic N) is 3. The van der Waals surface area contributed by atoms with Crippen LogP contribution >= 0.6 is 12.2 Å². The number of thiocarbonyl (C=S) groups is 1. The predicted octanol–water partition coefficient (Wildman–Crippen LogP) is 3.16. The van der Waals surface area contributed by atoms with Crippen molar-refractivity contribution < 1.29 is 4.74 Å². The van der Waals surface area contributed by atoms with Crippen LogP contribution in [-0.2, 0) is 11.3 Å². The summed E-state index contributed by atoms with van der Waals surface area (Å²) in [4.78, 5) is 6.88. The van der Waals surface area contributed by atoms with Crippen molar-refractivity contribution >= 4 is 17.3 Å². The highest BCUT2D eigenvalue weighted by molar-refractivity contribution is 7.80. The molecule has 0 bridgehead atoms. The van der Waals surface area contributed by atoms with Crippen molar-refractivity contribution in [1.29, 1.82) is 0 Å². The number of hydrogen-bond acceptors (Lipinski definition) is 3. The van der Waals surface area contributed by atoms with E-state index in [2.05, 4.69) is 58.0 Å². The molecule has 25 heavy (non-hydrogen) atoms. The maximum atomic E-state index is 5.67. The van der Waals surface area contributed by atoms with E-state index in [-0.39, 0.29) is 12.1 Å². The minimum Gasteiger partial charge on any atom is -0.383 e. The Kier molecular flexibility index (Phi) is 5.71. The van der Waals surface area contributed by atoms with Gasteiger partial charge in [-0.15, -0.1) is 0 Å². The second-order valence-corrected chi connectivity index (χ2v) is 7.18. The summed E-state index contributed by atoms with van der Waals surface area (Å²) in [6, 6.07) is 10.5. The maximum absolute atomic E-state index is 5.67. The van der Waals surface area contributed by atoms with Crippen molar-refractivity contribution in [3.05, 3.63) is 54.1 Å². The number of nitrogens with one attached hydrogen (secondary N) is 1. The largest absolute Gasteiger partial charge is 0.383 e. The first-order valence-corrected chi connectivity index (χ1v) is 9.14. The lowest BCUT2D eigenvalue weighted by Gasteiger charge is -2.30. The van der Waals surface area contributed by atoms with Crippen LogP contribution in [-0.4, -0.2) is 39.8 Å². The zero-order valence-electron chi connectivity index (χ0n) is 15.1. The lowest BCUT2D eigenvalue weighted by molar-refractivity contribution is 0.183. The molecule has 0 spiro atoms. The summed E-state index contributed by atoms with van der Waals surface area (Å²) in [5.74, 6) is 0.520. The number of rotatable bonds is 7. The highest BCUT2D eigenvalue weighted by Crippen LogP contribution is 2.39. The van der Waals surface area contributed by atoms with Crippen LogP contribution in [0, 0.1) is 5.92 Å². The molecule has 0 aliphatic carbocycles. The molecular weight excluding hydrogens is 332 g/mol. The van der Waals surface area contributed by atoms with E-state index in [1.54, 1.807) is 7.11 Å². The van der Waals surface area contributed by atoms with Gasteiger partial charge in [-0.25, -0.2) is 0 Å². The Balaban J connectivity index is 1.99. The van der Waals surface area contributed by atoms with E-state index < -0.39 is 0 Å². The van der Waals surface area contributed by atoms with Crippen LogP contribution < -0.4 is 5.32 Å². The summed E-state index contributed by atoms with van der Waals surface area (Å²) >= 11 is 5.67. The van der Waals surface area contributed by atoms with Crippen LogP contribution in [0.3, 0.4) is 0 Å². The summed E-state index contributed by atoms with van der Waals surface area (Å²) in [5.41, 5.74) is 2.25. The Morgan fingerprint density at radius 1 is 1.28 bits per heavy atom. The molecule has 0 radical (unpaired) electrons. The number of pyridine rings is 1.